The summed E-state index contributed by atoms with van der Waals surface area (Å²) in [5.41, 5.74) is 8.26. The molecule has 3 rings (SSSR count). The molecular formula is C15H16BrN3S. The lowest BCUT2D eigenvalue weighted by molar-refractivity contribution is 0.735. The van der Waals surface area contributed by atoms with Gasteiger partial charge in [0.1, 0.15) is 5.65 Å². The summed E-state index contributed by atoms with van der Waals surface area (Å²) in [5, 5.41) is 1.21. The zero-order chi connectivity index (χ0) is 14.1. The maximum atomic E-state index is 5.95. The van der Waals surface area contributed by atoms with Crippen LogP contribution in [0.25, 0.3) is 11.0 Å². The van der Waals surface area contributed by atoms with Crippen LogP contribution in [0.5, 0.6) is 0 Å². The molecule has 0 spiro atoms. The quantitative estimate of drug-likeness (QED) is 0.778. The molecule has 0 aromatic carbocycles. The third-order valence-electron chi connectivity index (χ3n) is 3.21. The molecule has 0 saturated heterocycles. The summed E-state index contributed by atoms with van der Waals surface area (Å²) in [5.74, 6) is 0. The third kappa shape index (κ3) is 2.80. The molecule has 0 aliphatic heterocycles. The first-order valence-corrected chi connectivity index (χ1v) is 8.17. The molecule has 2 N–H and O–H groups in total. The van der Waals surface area contributed by atoms with Crippen LogP contribution in [0, 0.1) is 0 Å². The van der Waals surface area contributed by atoms with Gasteiger partial charge in [0.15, 0.2) is 0 Å². The Morgan fingerprint density at radius 1 is 1.40 bits per heavy atom. The van der Waals surface area contributed by atoms with E-state index in [9.17, 15) is 0 Å². The highest BCUT2D eigenvalue weighted by molar-refractivity contribution is 9.11. The number of hydrogen-bond acceptors (Lipinski definition) is 3. The van der Waals surface area contributed by atoms with E-state index < -0.39 is 0 Å². The van der Waals surface area contributed by atoms with E-state index in [4.69, 9.17) is 5.73 Å². The first-order valence-electron chi connectivity index (χ1n) is 6.56. The standard InChI is InChI=1S/C15H16BrN3S/c1-10(17)7-11-8-19(9-12-4-5-14(16)20-12)15-13(11)3-2-6-18-15/h2-6,8,10H,7,9,17H2,1H3. The van der Waals surface area contributed by atoms with E-state index in [-0.39, 0.29) is 6.04 Å². The zero-order valence-electron chi connectivity index (χ0n) is 11.2. The maximum Gasteiger partial charge on any atom is 0.140 e. The van der Waals surface area contributed by atoms with Crippen molar-refractivity contribution in [3.05, 3.63) is 50.9 Å². The van der Waals surface area contributed by atoms with Crippen molar-refractivity contribution >= 4 is 38.3 Å². The average molecular weight is 350 g/mol. The largest absolute Gasteiger partial charge is 0.328 e. The number of nitrogens with two attached hydrogens (primary N) is 1. The monoisotopic (exact) mass is 349 g/mol. The van der Waals surface area contributed by atoms with Crippen LogP contribution in [0.2, 0.25) is 0 Å². The maximum absolute atomic E-state index is 5.95. The van der Waals surface area contributed by atoms with E-state index in [1.807, 2.05) is 19.2 Å². The van der Waals surface area contributed by atoms with Gasteiger partial charge in [-0.2, -0.15) is 0 Å². The van der Waals surface area contributed by atoms with Gasteiger partial charge in [-0.15, -0.1) is 11.3 Å². The van der Waals surface area contributed by atoms with Crippen molar-refractivity contribution < 1.29 is 0 Å². The Balaban J connectivity index is 2.02. The fourth-order valence-corrected chi connectivity index (χ4v) is 3.91. The minimum Gasteiger partial charge on any atom is -0.328 e. The van der Waals surface area contributed by atoms with Gasteiger partial charge < -0.3 is 10.3 Å². The van der Waals surface area contributed by atoms with Crippen LogP contribution in [0.15, 0.2) is 40.4 Å². The average Bonchev–Trinajstić information content (AvgIpc) is 2.95. The van der Waals surface area contributed by atoms with Crippen molar-refractivity contribution in [3.8, 4) is 0 Å². The number of nitrogens with zero attached hydrogens (tertiary/aromatic N) is 2. The number of pyridine rings is 1. The molecule has 3 aromatic heterocycles. The van der Waals surface area contributed by atoms with E-state index in [1.54, 1.807) is 11.3 Å². The van der Waals surface area contributed by atoms with E-state index in [0.717, 1.165) is 22.4 Å². The van der Waals surface area contributed by atoms with E-state index in [2.05, 4.69) is 49.9 Å². The van der Waals surface area contributed by atoms with Gasteiger partial charge in [-0.1, -0.05) is 0 Å². The zero-order valence-corrected chi connectivity index (χ0v) is 13.6. The molecule has 3 nitrogen and oxygen atoms in total. The van der Waals surface area contributed by atoms with Gasteiger partial charge in [-0.05, 0) is 59.1 Å². The lowest BCUT2D eigenvalue weighted by Gasteiger charge is -2.02. The summed E-state index contributed by atoms with van der Waals surface area (Å²) < 4.78 is 3.37. The molecule has 0 radical (unpaired) electrons. The number of rotatable bonds is 4. The van der Waals surface area contributed by atoms with Crippen molar-refractivity contribution in [1.82, 2.24) is 9.55 Å². The summed E-state index contributed by atoms with van der Waals surface area (Å²) in [7, 11) is 0. The second-order valence-electron chi connectivity index (χ2n) is 5.04. The lowest BCUT2D eigenvalue weighted by Crippen LogP contribution is -2.17. The minimum atomic E-state index is 0.158. The normalized spacial score (nSPS) is 12.9. The van der Waals surface area contributed by atoms with Crippen LogP contribution in [0.4, 0.5) is 0 Å². The number of halogens is 1. The second kappa shape index (κ2) is 5.68. The van der Waals surface area contributed by atoms with Crippen molar-refractivity contribution in [2.75, 3.05) is 0 Å². The molecule has 3 aromatic rings. The Morgan fingerprint density at radius 3 is 2.95 bits per heavy atom. The van der Waals surface area contributed by atoms with Crippen LogP contribution in [0.1, 0.15) is 17.4 Å². The SMILES string of the molecule is CC(N)Cc1cn(Cc2ccc(Br)s2)c2ncccc12. The summed E-state index contributed by atoms with van der Waals surface area (Å²) in [4.78, 5) is 5.84. The molecule has 104 valence electrons. The highest BCUT2D eigenvalue weighted by Gasteiger charge is 2.11. The van der Waals surface area contributed by atoms with Gasteiger partial charge >= 0.3 is 0 Å². The second-order valence-corrected chi connectivity index (χ2v) is 7.59. The van der Waals surface area contributed by atoms with Crippen LogP contribution < -0.4 is 5.73 Å². The van der Waals surface area contributed by atoms with Crippen molar-refractivity contribution in [3.63, 3.8) is 0 Å². The molecule has 0 fully saturated rings. The Bertz CT molecular complexity index is 730. The molecular weight excluding hydrogens is 334 g/mol. The fraction of sp³-hybridized carbons (Fsp3) is 0.267. The van der Waals surface area contributed by atoms with Crippen molar-refractivity contribution in [2.45, 2.75) is 25.9 Å². The summed E-state index contributed by atoms with van der Waals surface area (Å²) >= 11 is 5.27. The molecule has 1 unspecified atom stereocenters. The molecule has 0 aliphatic rings. The molecule has 3 heterocycles. The predicted octanol–water partition coefficient (Wildman–Crippen LogP) is 3.80. The van der Waals surface area contributed by atoms with Crippen LogP contribution in [-0.4, -0.2) is 15.6 Å². The number of thiophene rings is 1. The van der Waals surface area contributed by atoms with E-state index >= 15 is 0 Å². The number of fused-ring (bicyclic) bond motifs is 1. The first-order chi connectivity index (χ1) is 9.63. The summed E-state index contributed by atoms with van der Waals surface area (Å²) in [6.07, 6.45) is 4.91. The van der Waals surface area contributed by atoms with Crippen LogP contribution in [-0.2, 0) is 13.0 Å². The smallest absolute Gasteiger partial charge is 0.140 e. The third-order valence-corrected chi connectivity index (χ3v) is 4.82. The van der Waals surface area contributed by atoms with Crippen LogP contribution >= 0.6 is 27.3 Å². The van der Waals surface area contributed by atoms with Crippen molar-refractivity contribution in [2.24, 2.45) is 5.73 Å². The molecule has 1 atom stereocenters. The minimum absolute atomic E-state index is 0.158. The van der Waals surface area contributed by atoms with Gasteiger partial charge in [-0.25, -0.2) is 4.98 Å². The highest BCUT2D eigenvalue weighted by Crippen LogP contribution is 2.26. The van der Waals surface area contributed by atoms with Crippen molar-refractivity contribution in [1.29, 1.82) is 0 Å². The number of hydrogen-bond donors (Lipinski definition) is 1. The first kappa shape index (κ1) is 13.8. The topological polar surface area (TPSA) is 43.8 Å². The predicted molar refractivity (Wildman–Crippen MR) is 88.2 cm³/mol. The van der Waals surface area contributed by atoms with E-state index in [0.29, 0.717) is 0 Å². The fourth-order valence-electron chi connectivity index (χ4n) is 2.43. The lowest BCUT2D eigenvalue weighted by atomic mass is 10.1. The molecule has 20 heavy (non-hydrogen) atoms. The molecule has 0 saturated carbocycles. The molecule has 0 aliphatic carbocycles. The molecule has 0 amide bonds. The van der Waals surface area contributed by atoms with Crippen LogP contribution in [0.3, 0.4) is 0 Å². The summed E-state index contributed by atoms with van der Waals surface area (Å²) in [6.45, 7) is 2.89. The Morgan fingerprint density at radius 2 is 2.25 bits per heavy atom. The Kier molecular flexibility index (Phi) is 3.92. The highest BCUT2D eigenvalue weighted by atomic mass is 79.9. The summed E-state index contributed by atoms with van der Waals surface area (Å²) in [6, 6.07) is 8.50. The molecule has 5 heteroatoms. The van der Waals surface area contributed by atoms with Gasteiger partial charge in [0.25, 0.3) is 0 Å². The molecule has 0 bridgehead atoms. The van der Waals surface area contributed by atoms with Gasteiger partial charge in [-0.3, -0.25) is 0 Å². The Hall–Kier alpha value is -1.17. The van der Waals surface area contributed by atoms with Gasteiger partial charge in [0.2, 0.25) is 0 Å². The van der Waals surface area contributed by atoms with Gasteiger partial charge in [0, 0.05) is 28.7 Å². The Labute approximate surface area is 130 Å². The van der Waals surface area contributed by atoms with E-state index in [1.165, 1.54) is 15.8 Å². The number of aromatic nitrogens is 2. The van der Waals surface area contributed by atoms with Gasteiger partial charge in [0.05, 0.1) is 10.3 Å².